The molecule has 1 heterocycles. The predicted octanol–water partition coefficient (Wildman–Crippen LogP) is 3.17. The molecule has 0 amide bonds. The Morgan fingerprint density at radius 3 is 2.85 bits per heavy atom. The van der Waals surface area contributed by atoms with Crippen molar-refractivity contribution in [1.82, 2.24) is 15.5 Å². The molecule has 106 valence electrons. The van der Waals surface area contributed by atoms with Gasteiger partial charge in [-0.1, -0.05) is 22.9 Å². The number of rotatable bonds is 7. The summed E-state index contributed by atoms with van der Waals surface area (Å²) in [6.07, 6.45) is 2.71. The van der Waals surface area contributed by atoms with E-state index in [1.54, 1.807) is 11.8 Å². The van der Waals surface area contributed by atoms with Crippen LogP contribution in [0.4, 0.5) is 0 Å². The van der Waals surface area contributed by atoms with E-state index in [4.69, 9.17) is 4.52 Å². The predicted molar refractivity (Wildman–Crippen MR) is 79.5 cm³/mol. The van der Waals surface area contributed by atoms with Crippen LogP contribution < -0.4 is 5.32 Å². The van der Waals surface area contributed by atoms with E-state index in [1.807, 2.05) is 0 Å². The number of nitrogens with one attached hydrogen (secondary N) is 1. The lowest BCUT2D eigenvalue weighted by molar-refractivity contribution is 0.363. The average molecular weight is 289 g/mol. The fourth-order valence-electron chi connectivity index (χ4n) is 1.91. The van der Waals surface area contributed by atoms with Gasteiger partial charge in [-0.05, 0) is 44.4 Å². The van der Waals surface area contributed by atoms with Gasteiger partial charge < -0.3 is 9.84 Å². The maximum Gasteiger partial charge on any atom is 0.240 e. The minimum Gasteiger partial charge on any atom is -0.338 e. The van der Waals surface area contributed by atoms with Gasteiger partial charge in [-0.3, -0.25) is 0 Å². The molecule has 1 aromatic heterocycles. The smallest absolute Gasteiger partial charge is 0.240 e. The number of aryl methyl sites for hydroxylation is 1. The lowest BCUT2D eigenvalue weighted by Crippen LogP contribution is -2.16. The van der Waals surface area contributed by atoms with Gasteiger partial charge in [0.05, 0.1) is 12.3 Å². The molecule has 0 unspecified atom stereocenters. The van der Waals surface area contributed by atoms with E-state index in [1.165, 1.54) is 23.3 Å². The third-order valence-electron chi connectivity index (χ3n) is 3.31. The Balaban J connectivity index is 1.45. The zero-order chi connectivity index (χ0) is 13.8. The van der Waals surface area contributed by atoms with Crippen LogP contribution in [-0.2, 0) is 12.3 Å². The molecule has 0 spiro atoms. The molecule has 5 heteroatoms. The Labute approximate surface area is 123 Å². The van der Waals surface area contributed by atoms with Crippen molar-refractivity contribution in [3.05, 3.63) is 41.5 Å². The van der Waals surface area contributed by atoms with E-state index in [0.29, 0.717) is 12.4 Å². The second kappa shape index (κ2) is 6.41. The Morgan fingerprint density at radius 2 is 2.10 bits per heavy atom. The van der Waals surface area contributed by atoms with Crippen molar-refractivity contribution < 1.29 is 4.52 Å². The minimum absolute atomic E-state index is 0.679. The number of nitrogens with zero attached hydrogens (tertiary/aromatic N) is 2. The summed E-state index contributed by atoms with van der Waals surface area (Å²) in [4.78, 5) is 5.63. The lowest BCUT2D eigenvalue weighted by Gasteiger charge is -1.99. The highest BCUT2D eigenvalue weighted by Gasteiger charge is 2.20. The van der Waals surface area contributed by atoms with Gasteiger partial charge in [-0.15, -0.1) is 11.8 Å². The van der Waals surface area contributed by atoms with Gasteiger partial charge >= 0.3 is 0 Å². The second-order valence-electron chi connectivity index (χ2n) is 5.28. The highest BCUT2D eigenvalue weighted by molar-refractivity contribution is 7.98. The molecule has 4 nitrogen and oxygen atoms in total. The van der Waals surface area contributed by atoms with Crippen molar-refractivity contribution in [3.63, 3.8) is 0 Å². The van der Waals surface area contributed by atoms with Crippen molar-refractivity contribution >= 4 is 11.8 Å². The van der Waals surface area contributed by atoms with Gasteiger partial charge in [-0.2, -0.15) is 4.98 Å². The number of hydrogen-bond acceptors (Lipinski definition) is 5. The Bertz CT molecular complexity index is 549. The maximum absolute atomic E-state index is 5.24. The van der Waals surface area contributed by atoms with Crippen LogP contribution in [0.2, 0.25) is 0 Å². The number of aromatic nitrogens is 2. The van der Waals surface area contributed by atoms with Crippen molar-refractivity contribution in [3.8, 4) is 0 Å². The van der Waals surface area contributed by atoms with Crippen LogP contribution in [-0.4, -0.2) is 16.7 Å². The molecule has 0 saturated heterocycles. The molecule has 1 fully saturated rings. The van der Waals surface area contributed by atoms with E-state index in [-0.39, 0.29) is 0 Å². The lowest BCUT2D eigenvalue weighted by atomic mass is 10.2. The summed E-state index contributed by atoms with van der Waals surface area (Å²) in [7, 11) is 0. The van der Waals surface area contributed by atoms with Crippen molar-refractivity contribution in [2.24, 2.45) is 5.92 Å². The normalized spacial score (nSPS) is 14.7. The van der Waals surface area contributed by atoms with Crippen LogP contribution in [0.3, 0.4) is 0 Å². The first-order valence-electron chi connectivity index (χ1n) is 7.01. The van der Waals surface area contributed by atoms with E-state index in [9.17, 15) is 0 Å². The molecule has 1 aliphatic carbocycles. The van der Waals surface area contributed by atoms with Gasteiger partial charge in [0.2, 0.25) is 5.89 Å². The van der Waals surface area contributed by atoms with E-state index in [2.05, 4.69) is 46.6 Å². The van der Waals surface area contributed by atoms with Gasteiger partial charge in [0.1, 0.15) is 0 Å². The summed E-state index contributed by atoms with van der Waals surface area (Å²) in [6, 6.07) is 8.48. The average Bonchev–Trinajstić information content (AvgIpc) is 3.16. The molecule has 1 saturated carbocycles. The first-order chi connectivity index (χ1) is 9.79. The highest BCUT2D eigenvalue weighted by Crippen LogP contribution is 2.27. The summed E-state index contributed by atoms with van der Waals surface area (Å²) in [5.41, 5.74) is 1.28. The van der Waals surface area contributed by atoms with E-state index >= 15 is 0 Å². The summed E-state index contributed by atoms with van der Waals surface area (Å²) in [5, 5.41) is 7.37. The van der Waals surface area contributed by atoms with Gasteiger partial charge in [0.25, 0.3) is 0 Å². The van der Waals surface area contributed by atoms with Gasteiger partial charge in [-0.25, -0.2) is 0 Å². The molecule has 0 aliphatic heterocycles. The molecule has 1 aliphatic rings. The van der Waals surface area contributed by atoms with Gasteiger partial charge in [0.15, 0.2) is 5.82 Å². The first-order valence-corrected chi connectivity index (χ1v) is 8.00. The number of thioether (sulfide) groups is 1. The molecular formula is C15H19N3OS. The SMILES string of the molecule is Cc1ccc(SCc2noc(CNCC3CC3)n2)cc1. The quantitative estimate of drug-likeness (QED) is 0.793. The van der Waals surface area contributed by atoms with Crippen LogP contribution in [0.25, 0.3) is 0 Å². The van der Waals surface area contributed by atoms with Crippen molar-refractivity contribution in [1.29, 1.82) is 0 Å². The molecule has 3 rings (SSSR count). The first kappa shape index (κ1) is 13.6. The molecule has 2 aromatic rings. The summed E-state index contributed by atoms with van der Waals surface area (Å²) in [6.45, 7) is 3.84. The molecular weight excluding hydrogens is 270 g/mol. The Morgan fingerprint density at radius 1 is 1.30 bits per heavy atom. The standard InChI is InChI=1S/C15H19N3OS/c1-11-2-6-13(7-3-11)20-10-14-17-15(19-18-14)9-16-8-12-4-5-12/h2-3,6-7,12,16H,4-5,8-10H2,1H3. The number of benzene rings is 1. The molecule has 0 atom stereocenters. The summed E-state index contributed by atoms with van der Waals surface area (Å²) in [5.74, 6) is 3.06. The zero-order valence-corrected chi connectivity index (χ0v) is 12.4. The monoisotopic (exact) mass is 289 g/mol. The van der Waals surface area contributed by atoms with E-state index < -0.39 is 0 Å². The van der Waals surface area contributed by atoms with Crippen molar-refractivity contribution in [2.45, 2.75) is 37.0 Å². The molecule has 0 radical (unpaired) electrons. The fourth-order valence-corrected chi connectivity index (χ4v) is 2.65. The summed E-state index contributed by atoms with van der Waals surface area (Å²) >= 11 is 1.73. The minimum atomic E-state index is 0.679. The zero-order valence-electron chi connectivity index (χ0n) is 11.6. The topological polar surface area (TPSA) is 51.0 Å². The van der Waals surface area contributed by atoms with Crippen LogP contribution in [0, 0.1) is 12.8 Å². The summed E-state index contributed by atoms with van der Waals surface area (Å²) < 4.78 is 5.24. The molecule has 0 bridgehead atoms. The Kier molecular flexibility index (Phi) is 4.38. The van der Waals surface area contributed by atoms with Crippen LogP contribution in [0.1, 0.15) is 30.1 Å². The molecule has 20 heavy (non-hydrogen) atoms. The maximum atomic E-state index is 5.24. The van der Waals surface area contributed by atoms with Crippen LogP contribution in [0.5, 0.6) is 0 Å². The highest BCUT2D eigenvalue weighted by atomic mass is 32.2. The third kappa shape index (κ3) is 4.08. The number of hydrogen-bond donors (Lipinski definition) is 1. The second-order valence-corrected chi connectivity index (χ2v) is 6.33. The van der Waals surface area contributed by atoms with Crippen LogP contribution in [0.15, 0.2) is 33.7 Å². The molecule has 1 N–H and O–H groups in total. The molecule has 1 aromatic carbocycles. The van der Waals surface area contributed by atoms with E-state index in [0.717, 1.165) is 24.0 Å². The third-order valence-corrected chi connectivity index (χ3v) is 4.31. The Hall–Kier alpha value is -1.33. The fraction of sp³-hybridized carbons (Fsp3) is 0.467. The van der Waals surface area contributed by atoms with Crippen molar-refractivity contribution in [2.75, 3.05) is 6.54 Å². The van der Waals surface area contributed by atoms with Crippen LogP contribution >= 0.6 is 11.8 Å². The van der Waals surface area contributed by atoms with Gasteiger partial charge in [0, 0.05) is 4.90 Å². The largest absolute Gasteiger partial charge is 0.338 e.